The van der Waals surface area contributed by atoms with Gasteiger partial charge in [-0.3, -0.25) is 13.9 Å². The molecule has 0 spiro atoms. The van der Waals surface area contributed by atoms with Gasteiger partial charge in [-0.25, -0.2) is 8.42 Å². The SMILES string of the molecule is CC[C@H](C(=O)NC1CCCC1)N(Cc1ccc(OC)cc1)C(=O)CN(c1cc(OC)ccc1OC)S(=O)(=O)c1ccc(OC)c(OC)c1. The second-order valence-corrected chi connectivity index (χ2v) is 13.2. The van der Waals surface area contributed by atoms with Crippen LogP contribution in [0.5, 0.6) is 28.7 Å². The fraction of sp³-hybridized carbons (Fsp3) is 0.429. The Hall–Kier alpha value is -4.65. The molecule has 0 aromatic heterocycles. The second kappa shape index (κ2) is 16.4. The molecule has 0 radical (unpaired) electrons. The number of carbonyl (C=O) groups is 2. The Morgan fingerprint density at radius 2 is 1.40 bits per heavy atom. The van der Waals surface area contributed by atoms with Crippen LogP contribution >= 0.6 is 0 Å². The molecule has 1 aliphatic carbocycles. The molecule has 260 valence electrons. The van der Waals surface area contributed by atoms with Crippen LogP contribution in [0.1, 0.15) is 44.6 Å². The maximum Gasteiger partial charge on any atom is 0.265 e. The van der Waals surface area contributed by atoms with Crippen molar-refractivity contribution in [3.8, 4) is 28.7 Å². The summed E-state index contributed by atoms with van der Waals surface area (Å²) in [4.78, 5) is 29.6. The minimum atomic E-state index is -4.45. The van der Waals surface area contributed by atoms with Crippen LogP contribution in [0.4, 0.5) is 5.69 Å². The van der Waals surface area contributed by atoms with E-state index >= 15 is 0 Å². The summed E-state index contributed by atoms with van der Waals surface area (Å²) in [6.45, 7) is 1.24. The van der Waals surface area contributed by atoms with Crippen LogP contribution in [0.3, 0.4) is 0 Å². The average Bonchev–Trinajstić information content (AvgIpc) is 3.62. The standard InChI is InChI=1S/C35H45N3O9S/c1-7-29(35(40)36-25-10-8-9-11-25)37(22-24-12-14-26(43-2)15-13-24)34(39)23-38(30-20-27(44-3)16-18-31(30)45-4)48(41,42)28-17-19-32(46-5)33(21-28)47-6/h12-21,25,29H,7-11,22-23H2,1-6H3,(H,36,40)/t29-/m1/s1. The summed E-state index contributed by atoms with van der Waals surface area (Å²) < 4.78 is 57.0. The van der Waals surface area contributed by atoms with E-state index in [4.69, 9.17) is 23.7 Å². The number of hydrogen-bond acceptors (Lipinski definition) is 9. The predicted molar refractivity (Wildman–Crippen MR) is 182 cm³/mol. The van der Waals surface area contributed by atoms with Crippen molar-refractivity contribution >= 4 is 27.5 Å². The van der Waals surface area contributed by atoms with Crippen molar-refractivity contribution < 1.29 is 41.7 Å². The number of methoxy groups -OCH3 is 5. The molecule has 0 saturated heterocycles. The van der Waals surface area contributed by atoms with E-state index in [0.717, 1.165) is 35.6 Å². The molecule has 48 heavy (non-hydrogen) atoms. The van der Waals surface area contributed by atoms with Gasteiger partial charge in [0.1, 0.15) is 29.8 Å². The number of rotatable bonds is 16. The maximum absolute atomic E-state index is 14.6. The monoisotopic (exact) mass is 683 g/mol. The molecule has 1 aliphatic rings. The third-order valence-electron chi connectivity index (χ3n) is 8.48. The van der Waals surface area contributed by atoms with E-state index in [2.05, 4.69) is 5.32 Å². The van der Waals surface area contributed by atoms with Crippen molar-refractivity contribution in [2.45, 2.75) is 62.6 Å². The van der Waals surface area contributed by atoms with Gasteiger partial charge in [0.2, 0.25) is 11.8 Å². The Labute approximate surface area is 282 Å². The van der Waals surface area contributed by atoms with Gasteiger partial charge in [0, 0.05) is 24.7 Å². The highest BCUT2D eigenvalue weighted by Crippen LogP contribution is 2.38. The minimum Gasteiger partial charge on any atom is -0.497 e. The quantitative estimate of drug-likeness (QED) is 0.226. The first kappa shape index (κ1) is 36.2. The summed E-state index contributed by atoms with van der Waals surface area (Å²) in [5.74, 6) is 0.845. The summed E-state index contributed by atoms with van der Waals surface area (Å²) in [7, 11) is 2.82. The third kappa shape index (κ3) is 8.25. The van der Waals surface area contributed by atoms with Gasteiger partial charge in [0.05, 0.1) is 46.1 Å². The lowest BCUT2D eigenvalue weighted by atomic mass is 10.1. The summed E-state index contributed by atoms with van der Waals surface area (Å²) >= 11 is 0. The Morgan fingerprint density at radius 1 is 0.792 bits per heavy atom. The first-order valence-corrected chi connectivity index (χ1v) is 17.2. The highest BCUT2D eigenvalue weighted by molar-refractivity contribution is 7.92. The maximum atomic E-state index is 14.6. The van der Waals surface area contributed by atoms with Crippen molar-refractivity contribution in [3.05, 3.63) is 66.2 Å². The summed E-state index contributed by atoms with van der Waals surface area (Å²) in [5, 5.41) is 3.12. The third-order valence-corrected chi connectivity index (χ3v) is 10.2. The predicted octanol–water partition coefficient (Wildman–Crippen LogP) is 4.79. The van der Waals surface area contributed by atoms with Crippen LogP contribution in [0, 0.1) is 0 Å². The van der Waals surface area contributed by atoms with Crippen LogP contribution in [0.2, 0.25) is 0 Å². The lowest BCUT2D eigenvalue weighted by Gasteiger charge is -2.34. The average molecular weight is 684 g/mol. The second-order valence-electron chi connectivity index (χ2n) is 11.3. The lowest BCUT2D eigenvalue weighted by Crippen LogP contribution is -2.53. The molecular weight excluding hydrogens is 638 g/mol. The van der Waals surface area contributed by atoms with Crippen LogP contribution < -0.4 is 33.3 Å². The Morgan fingerprint density at radius 3 is 1.98 bits per heavy atom. The van der Waals surface area contributed by atoms with Crippen molar-refractivity contribution in [2.75, 3.05) is 46.4 Å². The summed E-state index contributed by atoms with van der Waals surface area (Å²) in [5.41, 5.74) is 0.817. The molecule has 0 unspecified atom stereocenters. The lowest BCUT2D eigenvalue weighted by molar-refractivity contribution is -0.140. The molecule has 1 atom stereocenters. The molecule has 3 aromatic carbocycles. The molecule has 1 N–H and O–H groups in total. The topological polar surface area (TPSA) is 133 Å². The number of amides is 2. The molecule has 2 amide bonds. The highest BCUT2D eigenvalue weighted by atomic mass is 32.2. The molecule has 12 nitrogen and oxygen atoms in total. The smallest absolute Gasteiger partial charge is 0.265 e. The van der Waals surface area contributed by atoms with Gasteiger partial charge in [0.15, 0.2) is 11.5 Å². The van der Waals surface area contributed by atoms with Gasteiger partial charge in [0.25, 0.3) is 10.0 Å². The zero-order chi connectivity index (χ0) is 34.8. The van der Waals surface area contributed by atoms with E-state index in [0.29, 0.717) is 23.7 Å². The Bertz CT molecular complexity index is 1660. The van der Waals surface area contributed by atoms with Crippen LogP contribution in [-0.4, -0.2) is 79.3 Å². The molecule has 3 aromatic rings. The van der Waals surface area contributed by atoms with Gasteiger partial charge >= 0.3 is 0 Å². The number of sulfonamides is 1. The van der Waals surface area contributed by atoms with E-state index < -0.39 is 28.5 Å². The summed E-state index contributed by atoms with van der Waals surface area (Å²) in [6.07, 6.45) is 4.12. The van der Waals surface area contributed by atoms with Crippen molar-refractivity contribution in [2.24, 2.45) is 0 Å². The number of anilines is 1. The molecular formula is C35H45N3O9S. The number of nitrogens with zero attached hydrogens (tertiary/aromatic N) is 2. The fourth-order valence-electron chi connectivity index (χ4n) is 5.82. The first-order valence-electron chi connectivity index (χ1n) is 15.8. The molecule has 1 saturated carbocycles. The van der Waals surface area contributed by atoms with E-state index in [1.165, 1.54) is 57.6 Å². The van der Waals surface area contributed by atoms with Gasteiger partial charge in [-0.1, -0.05) is 31.9 Å². The zero-order valence-electron chi connectivity index (χ0n) is 28.4. The van der Waals surface area contributed by atoms with E-state index in [-0.39, 0.29) is 40.6 Å². The van der Waals surface area contributed by atoms with Gasteiger partial charge < -0.3 is 33.9 Å². The largest absolute Gasteiger partial charge is 0.497 e. The van der Waals surface area contributed by atoms with Gasteiger partial charge in [-0.2, -0.15) is 0 Å². The minimum absolute atomic E-state index is 0.0347. The first-order chi connectivity index (χ1) is 23.1. The molecule has 1 fully saturated rings. The van der Waals surface area contributed by atoms with Crippen LogP contribution in [0.15, 0.2) is 65.6 Å². The number of nitrogens with one attached hydrogen (secondary N) is 1. The van der Waals surface area contributed by atoms with E-state index in [9.17, 15) is 18.0 Å². The number of ether oxygens (including phenoxy) is 5. The van der Waals surface area contributed by atoms with Crippen molar-refractivity contribution in [1.82, 2.24) is 10.2 Å². The van der Waals surface area contributed by atoms with Crippen LogP contribution in [0.25, 0.3) is 0 Å². The number of hydrogen-bond donors (Lipinski definition) is 1. The van der Waals surface area contributed by atoms with E-state index in [1.54, 1.807) is 31.4 Å². The van der Waals surface area contributed by atoms with Gasteiger partial charge in [-0.15, -0.1) is 0 Å². The number of benzene rings is 3. The van der Waals surface area contributed by atoms with Gasteiger partial charge in [-0.05, 0) is 61.2 Å². The summed E-state index contributed by atoms with van der Waals surface area (Å²) in [6, 6.07) is 15.2. The van der Waals surface area contributed by atoms with Crippen LogP contribution in [-0.2, 0) is 26.2 Å². The highest BCUT2D eigenvalue weighted by Gasteiger charge is 2.36. The molecule has 0 bridgehead atoms. The molecule has 13 heteroatoms. The molecule has 0 aliphatic heterocycles. The fourth-order valence-corrected chi connectivity index (χ4v) is 7.26. The normalized spacial score (nSPS) is 13.7. The van der Waals surface area contributed by atoms with Crippen molar-refractivity contribution in [3.63, 3.8) is 0 Å². The zero-order valence-corrected chi connectivity index (χ0v) is 29.2. The molecule has 4 rings (SSSR count). The molecule has 0 heterocycles. The van der Waals surface area contributed by atoms with Crippen molar-refractivity contribution in [1.29, 1.82) is 0 Å². The number of carbonyl (C=O) groups excluding carboxylic acids is 2. The Kier molecular flexibility index (Phi) is 12.4. The Balaban J connectivity index is 1.81. The van der Waals surface area contributed by atoms with E-state index in [1.807, 2.05) is 19.1 Å².